The minimum atomic E-state index is -0.856. The van der Waals surface area contributed by atoms with E-state index in [1.54, 1.807) is 6.07 Å². The van der Waals surface area contributed by atoms with Gasteiger partial charge in [0.15, 0.2) is 0 Å². The summed E-state index contributed by atoms with van der Waals surface area (Å²) in [4.78, 5) is 15.8. The number of likely N-dealkylation sites (N-methyl/N-ethyl adjacent to an activating group) is 2. The maximum atomic E-state index is 11.3. The first-order chi connectivity index (χ1) is 8.99. The number of nitrogens with zero attached hydrogens (tertiary/aromatic N) is 2. The molecule has 1 unspecified atom stereocenters. The van der Waals surface area contributed by atoms with Crippen LogP contribution in [0, 0.1) is 6.92 Å². The highest BCUT2D eigenvalue weighted by molar-refractivity contribution is 5.94. The second-order valence-electron chi connectivity index (χ2n) is 5.48. The zero-order valence-electron chi connectivity index (χ0n) is 11.9. The van der Waals surface area contributed by atoms with Gasteiger partial charge in [0.05, 0.1) is 11.3 Å². The topological polar surface area (TPSA) is 43.8 Å². The molecule has 1 heterocycles. The zero-order valence-corrected chi connectivity index (χ0v) is 11.9. The van der Waals surface area contributed by atoms with Gasteiger partial charge in [-0.05, 0) is 45.5 Å². The van der Waals surface area contributed by atoms with Crippen molar-refractivity contribution in [3.63, 3.8) is 0 Å². The summed E-state index contributed by atoms with van der Waals surface area (Å²) in [6, 6.07) is 6.14. The Balaban J connectivity index is 2.18. The van der Waals surface area contributed by atoms with Gasteiger partial charge in [-0.15, -0.1) is 0 Å². The van der Waals surface area contributed by atoms with Gasteiger partial charge in [0.1, 0.15) is 0 Å². The summed E-state index contributed by atoms with van der Waals surface area (Å²) in [5, 5.41) is 9.31. The number of hydrogen-bond donors (Lipinski definition) is 1. The quantitative estimate of drug-likeness (QED) is 0.903. The molecule has 2 rings (SSSR count). The van der Waals surface area contributed by atoms with Crippen molar-refractivity contribution in [3.05, 3.63) is 29.3 Å². The van der Waals surface area contributed by atoms with Crippen molar-refractivity contribution in [2.75, 3.05) is 32.1 Å². The van der Waals surface area contributed by atoms with Crippen molar-refractivity contribution in [1.29, 1.82) is 0 Å². The number of anilines is 1. The van der Waals surface area contributed by atoms with E-state index >= 15 is 0 Å². The number of aromatic carboxylic acids is 1. The lowest BCUT2D eigenvalue weighted by atomic mass is 10.1. The van der Waals surface area contributed by atoms with Crippen LogP contribution in [0.25, 0.3) is 0 Å². The van der Waals surface area contributed by atoms with Crippen LogP contribution in [-0.2, 0) is 0 Å². The van der Waals surface area contributed by atoms with Gasteiger partial charge in [-0.3, -0.25) is 0 Å². The molecule has 0 aromatic heterocycles. The number of carboxylic acid groups (broad SMARTS) is 1. The predicted molar refractivity (Wildman–Crippen MR) is 77.1 cm³/mol. The van der Waals surface area contributed by atoms with E-state index in [0.29, 0.717) is 11.6 Å². The molecule has 1 aromatic rings. The lowest BCUT2D eigenvalue weighted by molar-refractivity contribution is 0.0697. The normalized spacial score (nSPS) is 19.6. The van der Waals surface area contributed by atoms with Crippen molar-refractivity contribution in [2.24, 2.45) is 0 Å². The van der Waals surface area contributed by atoms with Crippen LogP contribution in [-0.4, -0.2) is 49.2 Å². The second-order valence-corrected chi connectivity index (χ2v) is 5.48. The minimum Gasteiger partial charge on any atom is -0.478 e. The van der Waals surface area contributed by atoms with Gasteiger partial charge >= 0.3 is 5.97 Å². The fourth-order valence-corrected chi connectivity index (χ4v) is 2.78. The van der Waals surface area contributed by atoms with Crippen LogP contribution in [0.2, 0.25) is 0 Å². The SMILES string of the molecule is Cc1ccc(N(C)CC2CCCN2C)c(C(=O)O)c1. The monoisotopic (exact) mass is 262 g/mol. The summed E-state index contributed by atoms with van der Waals surface area (Å²) < 4.78 is 0. The van der Waals surface area contributed by atoms with Gasteiger partial charge in [0.25, 0.3) is 0 Å². The highest BCUT2D eigenvalue weighted by atomic mass is 16.4. The van der Waals surface area contributed by atoms with Crippen LogP contribution in [0.4, 0.5) is 5.69 Å². The molecule has 1 N–H and O–H groups in total. The fraction of sp³-hybridized carbons (Fsp3) is 0.533. The number of carboxylic acids is 1. The molecule has 4 nitrogen and oxygen atoms in total. The summed E-state index contributed by atoms with van der Waals surface area (Å²) in [5.41, 5.74) is 2.18. The minimum absolute atomic E-state index is 0.392. The Morgan fingerprint density at radius 2 is 2.26 bits per heavy atom. The van der Waals surface area contributed by atoms with Crippen molar-refractivity contribution in [3.8, 4) is 0 Å². The lowest BCUT2D eigenvalue weighted by Crippen LogP contribution is -2.37. The highest BCUT2D eigenvalue weighted by Gasteiger charge is 2.23. The largest absolute Gasteiger partial charge is 0.478 e. The van der Waals surface area contributed by atoms with Gasteiger partial charge in [0.2, 0.25) is 0 Å². The molecule has 0 aliphatic carbocycles. The molecule has 104 valence electrons. The molecule has 0 saturated carbocycles. The first kappa shape index (κ1) is 13.9. The van der Waals surface area contributed by atoms with Gasteiger partial charge in [0, 0.05) is 19.6 Å². The van der Waals surface area contributed by atoms with Gasteiger partial charge in [-0.25, -0.2) is 4.79 Å². The Labute approximate surface area is 114 Å². The number of likely N-dealkylation sites (tertiary alicyclic amines) is 1. The third-order valence-corrected chi connectivity index (χ3v) is 3.95. The average Bonchev–Trinajstić information content (AvgIpc) is 2.74. The molecule has 0 bridgehead atoms. The second kappa shape index (κ2) is 5.61. The van der Waals surface area contributed by atoms with E-state index in [1.807, 2.05) is 26.1 Å². The maximum absolute atomic E-state index is 11.3. The van der Waals surface area contributed by atoms with E-state index in [4.69, 9.17) is 0 Å². The van der Waals surface area contributed by atoms with E-state index in [1.165, 1.54) is 12.8 Å². The summed E-state index contributed by atoms with van der Waals surface area (Å²) in [6.45, 7) is 3.93. The number of aryl methyl sites for hydroxylation is 1. The summed E-state index contributed by atoms with van der Waals surface area (Å²) in [6.07, 6.45) is 2.42. The number of hydrogen-bond acceptors (Lipinski definition) is 3. The highest BCUT2D eigenvalue weighted by Crippen LogP contribution is 2.23. The van der Waals surface area contributed by atoms with Gasteiger partial charge < -0.3 is 14.9 Å². The molecule has 1 aromatic carbocycles. The molecule has 1 aliphatic rings. The van der Waals surface area contributed by atoms with Crippen LogP contribution in [0.5, 0.6) is 0 Å². The lowest BCUT2D eigenvalue weighted by Gasteiger charge is -2.28. The molecule has 1 fully saturated rings. The summed E-state index contributed by atoms with van der Waals surface area (Å²) in [7, 11) is 4.11. The fourth-order valence-electron chi connectivity index (χ4n) is 2.78. The van der Waals surface area contributed by atoms with Crippen LogP contribution in [0.1, 0.15) is 28.8 Å². The summed E-state index contributed by atoms with van der Waals surface area (Å²) >= 11 is 0. The first-order valence-electron chi connectivity index (χ1n) is 6.74. The Hall–Kier alpha value is -1.55. The number of carbonyl (C=O) groups is 1. The molecule has 1 aliphatic heterocycles. The Bertz CT molecular complexity index is 473. The van der Waals surface area contributed by atoms with Crippen LogP contribution in [0.3, 0.4) is 0 Å². The zero-order chi connectivity index (χ0) is 14.0. The van der Waals surface area contributed by atoms with Gasteiger partial charge in [-0.1, -0.05) is 11.6 Å². The Kier molecular flexibility index (Phi) is 4.10. The summed E-state index contributed by atoms with van der Waals surface area (Å²) in [5.74, 6) is -0.856. The van der Waals surface area contributed by atoms with E-state index in [0.717, 1.165) is 24.3 Å². The molecule has 1 atom stereocenters. The molecule has 4 heteroatoms. The van der Waals surface area contributed by atoms with Gasteiger partial charge in [-0.2, -0.15) is 0 Å². The van der Waals surface area contributed by atoms with E-state index in [2.05, 4.69) is 16.8 Å². The van der Waals surface area contributed by atoms with E-state index in [9.17, 15) is 9.90 Å². The van der Waals surface area contributed by atoms with Crippen LogP contribution < -0.4 is 4.90 Å². The van der Waals surface area contributed by atoms with Crippen molar-refractivity contribution >= 4 is 11.7 Å². The van der Waals surface area contributed by atoms with Crippen molar-refractivity contribution in [1.82, 2.24) is 4.90 Å². The Morgan fingerprint density at radius 1 is 1.53 bits per heavy atom. The first-order valence-corrected chi connectivity index (χ1v) is 6.74. The molecule has 0 radical (unpaired) electrons. The van der Waals surface area contributed by atoms with E-state index < -0.39 is 5.97 Å². The third kappa shape index (κ3) is 3.07. The van der Waals surface area contributed by atoms with Crippen molar-refractivity contribution in [2.45, 2.75) is 25.8 Å². The van der Waals surface area contributed by atoms with Crippen molar-refractivity contribution < 1.29 is 9.90 Å². The molecular weight excluding hydrogens is 240 g/mol. The molecular formula is C15H22N2O2. The van der Waals surface area contributed by atoms with Crippen LogP contribution >= 0.6 is 0 Å². The molecule has 1 saturated heterocycles. The number of rotatable bonds is 4. The molecule has 19 heavy (non-hydrogen) atoms. The molecule has 0 spiro atoms. The standard InChI is InChI=1S/C15H22N2O2/c1-11-6-7-14(13(9-11)15(18)19)17(3)10-12-5-4-8-16(12)2/h6-7,9,12H,4-5,8,10H2,1-3H3,(H,18,19). The smallest absolute Gasteiger partial charge is 0.337 e. The predicted octanol–water partition coefficient (Wildman–Crippen LogP) is 2.22. The maximum Gasteiger partial charge on any atom is 0.337 e. The van der Waals surface area contributed by atoms with E-state index in [-0.39, 0.29) is 0 Å². The average molecular weight is 262 g/mol. The molecule has 0 amide bonds. The Morgan fingerprint density at radius 3 is 2.84 bits per heavy atom. The van der Waals surface area contributed by atoms with Crippen LogP contribution in [0.15, 0.2) is 18.2 Å². The number of benzene rings is 1. The third-order valence-electron chi connectivity index (χ3n) is 3.95.